The van der Waals surface area contributed by atoms with Crippen molar-refractivity contribution in [2.45, 2.75) is 167 Å². The van der Waals surface area contributed by atoms with Crippen LogP contribution in [0.25, 0.3) is 0 Å². The van der Waals surface area contributed by atoms with Crippen LogP contribution in [0.3, 0.4) is 0 Å². The van der Waals surface area contributed by atoms with Crippen molar-refractivity contribution < 1.29 is 0 Å². The highest BCUT2D eigenvalue weighted by Crippen LogP contribution is 2.51. The molecule has 3 fully saturated rings. The molecule has 3 saturated carbocycles. The van der Waals surface area contributed by atoms with Crippen LogP contribution in [0.5, 0.6) is 0 Å². The molecule has 176 valence electrons. The molecule has 1 heteroatoms. The van der Waals surface area contributed by atoms with E-state index in [1.165, 1.54) is 141 Å². The van der Waals surface area contributed by atoms with Crippen molar-refractivity contribution in [2.75, 3.05) is 0 Å². The minimum Gasteiger partial charge on any atom is -0.308 e. The molecule has 0 aromatic heterocycles. The number of rotatable bonds is 3. The van der Waals surface area contributed by atoms with Gasteiger partial charge in [-0.15, -0.1) is 0 Å². The molecule has 3 rings (SSSR count). The summed E-state index contributed by atoms with van der Waals surface area (Å²) in [6.07, 6.45) is 32.5. The average molecular weight is 418 g/mol. The van der Waals surface area contributed by atoms with Gasteiger partial charge in [-0.1, -0.05) is 129 Å². The Kier molecular flexibility index (Phi) is 11.1. The molecule has 0 radical (unpaired) electrons. The Labute approximate surface area is 189 Å². The van der Waals surface area contributed by atoms with Gasteiger partial charge < -0.3 is 5.32 Å². The second-order valence-corrected chi connectivity index (χ2v) is 11.9. The second kappa shape index (κ2) is 13.5. The van der Waals surface area contributed by atoms with Crippen molar-refractivity contribution in [2.24, 2.45) is 17.8 Å². The van der Waals surface area contributed by atoms with Gasteiger partial charge in [-0.2, -0.15) is 0 Å². The predicted molar refractivity (Wildman–Crippen MR) is 133 cm³/mol. The van der Waals surface area contributed by atoms with Gasteiger partial charge in [-0.25, -0.2) is 0 Å². The summed E-state index contributed by atoms with van der Waals surface area (Å²) in [5.41, 5.74) is 0.423. The topological polar surface area (TPSA) is 12.0 Å². The highest BCUT2D eigenvalue weighted by Gasteiger charge is 2.51. The monoisotopic (exact) mass is 417 g/mol. The van der Waals surface area contributed by atoms with Gasteiger partial charge in [0.05, 0.1) is 0 Å². The minimum absolute atomic E-state index is 0.423. The Balaban J connectivity index is 1.57. The minimum atomic E-state index is 0.423. The number of nitrogens with one attached hydrogen (secondary N) is 1. The van der Waals surface area contributed by atoms with Gasteiger partial charge >= 0.3 is 0 Å². The summed E-state index contributed by atoms with van der Waals surface area (Å²) in [5, 5.41) is 4.33. The van der Waals surface area contributed by atoms with Gasteiger partial charge in [0.15, 0.2) is 0 Å². The van der Waals surface area contributed by atoms with Crippen LogP contribution in [0.1, 0.15) is 155 Å². The van der Waals surface area contributed by atoms with Crippen molar-refractivity contribution in [1.29, 1.82) is 0 Å². The van der Waals surface area contributed by atoms with E-state index < -0.39 is 0 Å². The fraction of sp³-hybridized carbons (Fsp3) is 1.00. The van der Waals surface area contributed by atoms with Gasteiger partial charge in [0, 0.05) is 11.6 Å². The summed E-state index contributed by atoms with van der Waals surface area (Å²) in [4.78, 5) is 0. The fourth-order valence-corrected chi connectivity index (χ4v) is 7.69. The van der Waals surface area contributed by atoms with Crippen LogP contribution in [-0.2, 0) is 0 Å². The lowest BCUT2D eigenvalue weighted by atomic mass is 9.54. The molecular formula is C29H55N. The lowest BCUT2D eigenvalue weighted by molar-refractivity contribution is -0.0309. The molecule has 0 aromatic carbocycles. The summed E-state index contributed by atoms with van der Waals surface area (Å²) >= 11 is 0. The third-order valence-corrected chi connectivity index (χ3v) is 9.14. The van der Waals surface area contributed by atoms with Crippen molar-refractivity contribution >= 4 is 0 Å². The zero-order valence-corrected chi connectivity index (χ0v) is 20.9. The molecule has 0 spiro atoms. The van der Waals surface area contributed by atoms with E-state index in [1.807, 2.05) is 0 Å². The molecule has 0 bridgehead atoms. The fourth-order valence-electron chi connectivity index (χ4n) is 7.69. The van der Waals surface area contributed by atoms with E-state index in [2.05, 4.69) is 19.2 Å². The Bertz CT molecular complexity index is 422. The second-order valence-electron chi connectivity index (χ2n) is 11.9. The normalized spacial score (nSPS) is 35.4. The Morgan fingerprint density at radius 3 is 1.30 bits per heavy atom. The first-order valence-electron chi connectivity index (χ1n) is 14.5. The molecule has 1 nitrogen and oxygen atoms in total. The lowest BCUT2D eigenvalue weighted by Crippen LogP contribution is -2.64. The van der Waals surface area contributed by atoms with Crippen LogP contribution in [0.2, 0.25) is 0 Å². The molecule has 3 aliphatic carbocycles. The summed E-state index contributed by atoms with van der Waals surface area (Å²) < 4.78 is 0. The molecule has 0 aliphatic heterocycles. The van der Waals surface area contributed by atoms with E-state index in [0.29, 0.717) is 5.54 Å². The van der Waals surface area contributed by atoms with Crippen LogP contribution in [-0.4, -0.2) is 11.6 Å². The van der Waals surface area contributed by atoms with Gasteiger partial charge in [0.25, 0.3) is 0 Å². The molecule has 3 unspecified atom stereocenters. The molecule has 1 N–H and O–H groups in total. The predicted octanol–water partition coefficient (Wildman–Crippen LogP) is 9.19. The van der Waals surface area contributed by atoms with Crippen LogP contribution in [0.15, 0.2) is 0 Å². The van der Waals surface area contributed by atoms with Crippen LogP contribution < -0.4 is 5.32 Å². The van der Waals surface area contributed by atoms with E-state index in [-0.39, 0.29) is 0 Å². The largest absolute Gasteiger partial charge is 0.308 e. The first kappa shape index (κ1) is 24.6. The maximum atomic E-state index is 4.33. The summed E-state index contributed by atoms with van der Waals surface area (Å²) in [6.45, 7) is 5.20. The van der Waals surface area contributed by atoms with E-state index in [9.17, 15) is 0 Å². The average Bonchev–Trinajstić information content (AvgIpc) is 2.76. The van der Waals surface area contributed by atoms with Crippen LogP contribution in [0.4, 0.5) is 0 Å². The van der Waals surface area contributed by atoms with Gasteiger partial charge in [0.1, 0.15) is 0 Å². The van der Waals surface area contributed by atoms with Crippen molar-refractivity contribution in [3.8, 4) is 0 Å². The molecule has 0 heterocycles. The van der Waals surface area contributed by atoms with Crippen molar-refractivity contribution in [1.82, 2.24) is 5.32 Å². The molecule has 0 aromatic rings. The Morgan fingerprint density at radius 1 is 0.533 bits per heavy atom. The summed E-state index contributed by atoms with van der Waals surface area (Å²) in [5.74, 6) is 2.84. The number of hydrogen-bond acceptors (Lipinski definition) is 1. The lowest BCUT2D eigenvalue weighted by Gasteiger charge is -2.58. The highest BCUT2D eigenvalue weighted by atomic mass is 15.0. The quantitative estimate of drug-likeness (QED) is 0.482. The molecule has 3 atom stereocenters. The zero-order chi connectivity index (χ0) is 21.1. The molecule has 0 saturated heterocycles. The van der Waals surface area contributed by atoms with E-state index in [0.717, 1.165) is 23.8 Å². The summed E-state index contributed by atoms with van der Waals surface area (Å²) in [6, 6.07) is 0.786. The molecule has 0 amide bonds. The van der Waals surface area contributed by atoms with E-state index >= 15 is 0 Å². The van der Waals surface area contributed by atoms with Crippen molar-refractivity contribution in [3.05, 3.63) is 0 Å². The van der Waals surface area contributed by atoms with Gasteiger partial charge in [-0.05, 0) is 43.9 Å². The maximum absolute atomic E-state index is 4.33. The maximum Gasteiger partial charge on any atom is 0.0191 e. The molecule has 30 heavy (non-hydrogen) atoms. The third kappa shape index (κ3) is 7.83. The van der Waals surface area contributed by atoms with Gasteiger partial charge in [0.2, 0.25) is 0 Å². The van der Waals surface area contributed by atoms with Gasteiger partial charge in [-0.3, -0.25) is 0 Å². The highest BCUT2D eigenvalue weighted by molar-refractivity contribution is 5.07. The third-order valence-electron chi connectivity index (χ3n) is 9.14. The van der Waals surface area contributed by atoms with Crippen LogP contribution in [0, 0.1) is 17.8 Å². The SMILES string of the molecule is CC1CC(C)(NC2CCCCCCCCCC2)C1C1CCCCCCCCCCC1. The first-order chi connectivity index (χ1) is 14.7. The molecular weight excluding hydrogens is 362 g/mol. The first-order valence-corrected chi connectivity index (χ1v) is 14.5. The zero-order valence-electron chi connectivity index (χ0n) is 20.9. The smallest absolute Gasteiger partial charge is 0.0191 e. The Hall–Kier alpha value is -0.0400. The summed E-state index contributed by atoms with van der Waals surface area (Å²) in [7, 11) is 0. The van der Waals surface area contributed by atoms with E-state index in [4.69, 9.17) is 0 Å². The Morgan fingerprint density at radius 2 is 0.900 bits per heavy atom. The molecule has 3 aliphatic rings. The standard InChI is InChI=1S/C29H55N/c1-25-24-29(2,30-27-22-18-14-10-6-7-11-15-19-23-27)28(25)26-20-16-12-8-4-3-5-9-13-17-21-26/h25-28,30H,3-24H2,1-2H3. The van der Waals surface area contributed by atoms with E-state index in [1.54, 1.807) is 0 Å². The van der Waals surface area contributed by atoms with Crippen molar-refractivity contribution in [3.63, 3.8) is 0 Å². The van der Waals surface area contributed by atoms with Crippen LogP contribution >= 0.6 is 0 Å². The number of hydrogen-bond donors (Lipinski definition) is 1.